The van der Waals surface area contributed by atoms with Crippen molar-refractivity contribution < 1.29 is 17.9 Å². The summed E-state index contributed by atoms with van der Waals surface area (Å²) in [5.41, 5.74) is 5.62. The summed E-state index contributed by atoms with van der Waals surface area (Å²) in [6, 6.07) is 4.30. The van der Waals surface area contributed by atoms with Gasteiger partial charge in [0.05, 0.1) is 12.2 Å². The first kappa shape index (κ1) is 19.8. The maximum Gasteiger partial charge on any atom is 0.419 e. The van der Waals surface area contributed by atoms with Crippen LogP contribution in [0.2, 0.25) is 0 Å². The predicted octanol–water partition coefficient (Wildman–Crippen LogP) is 5.33. The van der Waals surface area contributed by atoms with Crippen LogP contribution in [-0.2, 0) is 12.6 Å². The lowest BCUT2D eigenvalue weighted by Crippen LogP contribution is -2.16. The van der Waals surface area contributed by atoms with Gasteiger partial charge in [0.1, 0.15) is 5.75 Å². The van der Waals surface area contributed by atoms with Gasteiger partial charge in [0.25, 0.3) is 0 Å². The molecule has 0 aliphatic heterocycles. The second-order valence-electron chi connectivity index (χ2n) is 6.11. The molecule has 1 aromatic rings. The quantitative estimate of drug-likeness (QED) is 0.588. The Labute approximate surface area is 137 Å². The highest BCUT2D eigenvalue weighted by atomic mass is 19.4. The van der Waals surface area contributed by atoms with Crippen LogP contribution in [0.5, 0.6) is 5.75 Å². The van der Waals surface area contributed by atoms with Gasteiger partial charge in [-0.1, -0.05) is 38.7 Å². The largest absolute Gasteiger partial charge is 0.493 e. The van der Waals surface area contributed by atoms with Crippen molar-refractivity contribution in [3.05, 3.63) is 29.3 Å². The van der Waals surface area contributed by atoms with E-state index < -0.39 is 11.7 Å². The molecule has 0 aliphatic rings. The third kappa shape index (κ3) is 7.73. The maximum atomic E-state index is 13.2. The molecule has 0 spiro atoms. The van der Waals surface area contributed by atoms with E-state index in [1.54, 1.807) is 6.07 Å². The van der Waals surface area contributed by atoms with Crippen molar-refractivity contribution in [3.63, 3.8) is 0 Å². The second-order valence-corrected chi connectivity index (χ2v) is 6.11. The molecule has 0 radical (unpaired) electrons. The average Bonchev–Trinajstić information content (AvgIpc) is 2.48. The summed E-state index contributed by atoms with van der Waals surface area (Å²) >= 11 is 0. The Kier molecular flexibility index (Phi) is 8.45. The Balaban J connectivity index is 2.66. The molecular formula is C18H28F3NO. The Bertz CT molecular complexity index is 458. The number of hydrogen-bond acceptors (Lipinski definition) is 2. The first-order valence-electron chi connectivity index (χ1n) is 8.43. The molecule has 23 heavy (non-hydrogen) atoms. The molecule has 2 nitrogen and oxygen atoms in total. The molecule has 0 fully saturated rings. The molecular weight excluding hydrogens is 303 g/mol. The zero-order valence-electron chi connectivity index (χ0n) is 14.1. The summed E-state index contributed by atoms with van der Waals surface area (Å²) in [7, 11) is 0. The highest BCUT2D eigenvalue weighted by Crippen LogP contribution is 2.37. The van der Waals surface area contributed by atoms with Crippen LogP contribution in [0.3, 0.4) is 0 Å². The van der Waals surface area contributed by atoms with E-state index in [1.165, 1.54) is 12.1 Å². The van der Waals surface area contributed by atoms with Crippen LogP contribution in [0.1, 0.15) is 63.5 Å². The molecule has 1 rings (SSSR count). The highest BCUT2D eigenvalue weighted by molar-refractivity contribution is 5.39. The molecule has 0 bridgehead atoms. The second kappa shape index (κ2) is 9.81. The fourth-order valence-corrected chi connectivity index (χ4v) is 2.36. The van der Waals surface area contributed by atoms with Crippen molar-refractivity contribution in [2.45, 2.75) is 71.0 Å². The van der Waals surface area contributed by atoms with Crippen molar-refractivity contribution >= 4 is 0 Å². The third-order valence-corrected chi connectivity index (χ3v) is 3.74. The minimum atomic E-state index is -4.40. The van der Waals surface area contributed by atoms with Crippen molar-refractivity contribution in [1.29, 1.82) is 0 Å². The van der Waals surface area contributed by atoms with Gasteiger partial charge in [-0.25, -0.2) is 0 Å². The van der Waals surface area contributed by atoms with E-state index in [0.717, 1.165) is 32.1 Å². The number of unbranched alkanes of at least 4 members (excludes halogenated alkanes) is 4. The summed E-state index contributed by atoms with van der Waals surface area (Å²) in [5.74, 6) is -0.0717. The normalized spacial score (nSPS) is 13.1. The number of aryl methyl sites for hydroxylation is 1. The minimum Gasteiger partial charge on any atom is -0.493 e. The van der Waals surface area contributed by atoms with Crippen LogP contribution in [0, 0.1) is 0 Å². The predicted molar refractivity (Wildman–Crippen MR) is 87.7 cm³/mol. The molecule has 0 amide bonds. The number of hydrogen-bond donors (Lipinski definition) is 1. The van der Waals surface area contributed by atoms with Crippen molar-refractivity contribution in [2.24, 2.45) is 5.73 Å². The number of nitrogens with two attached hydrogens (primary N) is 1. The summed E-state index contributed by atoms with van der Waals surface area (Å²) < 4.78 is 45.0. The van der Waals surface area contributed by atoms with Crippen LogP contribution in [0.4, 0.5) is 13.2 Å². The van der Waals surface area contributed by atoms with Crippen LogP contribution < -0.4 is 10.5 Å². The van der Waals surface area contributed by atoms with E-state index in [9.17, 15) is 13.2 Å². The van der Waals surface area contributed by atoms with E-state index in [1.807, 2.05) is 6.92 Å². The zero-order valence-corrected chi connectivity index (χ0v) is 14.1. The molecule has 0 heterocycles. The van der Waals surface area contributed by atoms with E-state index in [2.05, 4.69) is 6.92 Å². The third-order valence-electron chi connectivity index (χ3n) is 3.74. The van der Waals surface area contributed by atoms with Crippen LogP contribution in [0.25, 0.3) is 0 Å². The fraction of sp³-hybridized carbons (Fsp3) is 0.667. The number of rotatable bonds is 10. The number of halogens is 3. The summed E-state index contributed by atoms with van der Waals surface area (Å²) in [4.78, 5) is 0. The summed E-state index contributed by atoms with van der Waals surface area (Å²) in [5, 5.41) is 0. The van der Waals surface area contributed by atoms with Gasteiger partial charge in [0, 0.05) is 6.04 Å². The van der Waals surface area contributed by atoms with Gasteiger partial charge in [0.2, 0.25) is 0 Å². The summed E-state index contributed by atoms with van der Waals surface area (Å²) in [6.45, 7) is 4.30. The molecule has 1 aromatic carbocycles. The van der Waals surface area contributed by atoms with Gasteiger partial charge in [-0.15, -0.1) is 0 Å². The monoisotopic (exact) mass is 331 g/mol. The molecule has 1 atom stereocenters. The van der Waals surface area contributed by atoms with E-state index in [4.69, 9.17) is 10.5 Å². The molecule has 0 saturated heterocycles. The maximum absolute atomic E-state index is 13.2. The van der Waals surface area contributed by atoms with Gasteiger partial charge in [-0.2, -0.15) is 13.2 Å². The van der Waals surface area contributed by atoms with E-state index >= 15 is 0 Å². The molecule has 2 N–H and O–H groups in total. The van der Waals surface area contributed by atoms with Crippen LogP contribution >= 0.6 is 0 Å². The fourth-order valence-electron chi connectivity index (χ4n) is 2.36. The zero-order chi connectivity index (χ0) is 17.3. The minimum absolute atomic E-state index is 0.0246. The van der Waals surface area contributed by atoms with Crippen LogP contribution in [-0.4, -0.2) is 12.6 Å². The first-order chi connectivity index (χ1) is 10.8. The molecule has 0 aromatic heterocycles. The first-order valence-corrected chi connectivity index (χ1v) is 8.43. The summed E-state index contributed by atoms with van der Waals surface area (Å²) in [6.07, 6.45) is 1.96. The van der Waals surface area contributed by atoms with Crippen molar-refractivity contribution in [1.82, 2.24) is 0 Å². The molecule has 132 valence electrons. The van der Waals surface area contributed by atoms with E-state index in [-0.39, 0.29) is 11.8 Å². The van der Waals surface area contributed by atoms with Gasteiger partial charge in [-0.3, -0.25) is 0 Å². The lowest BCUT2D eigenvalue weighted by molar-refractivity contribution is -0.139. The average molecular weight is 331 g/mol. The van der Waals surface area contributed by atoms with Crippen molar-refractivity contribution in [3.8, 4) is 5.75 Å². The lowest BCUT2D eigenvalue weighted by atomic mass is 10.0. The number of benzene rings is 1. The Morgan fingerprint density at radius 1 is 1.13 bits per heavy atom. The van der Waals surface area contributed by atoms with Gasteiger partial charge in [0.15, 0.2) is 0 Å². The van der Waals surface area contributed by atoms with Gasteiger partial charge in [-0.05, 0) is 43.9 Å². The topological polar surface area (TPSA) is 35.2 Å². The van der Waals surface area contributed by atoms with Gasteiger partial charge < -0.3 is 10.5 Å². The molecule has 0 saturated carbocycles. The Morgan fingerprint density at radius 3 is 2.43 bits per heavy atom. The standard InChI is InChI=1S/C18H28F3NO/c1-3-4-5-6-7-12-23-17-11-10-15(9-8-14(2)22)13-16(17)18(19,20)21/h10-11,13-14H,3-9,12,22H2,1-2H3/t14-/m0/s1. The highest BCUT2D eigenvalue weighted by Gasteiger charge is 2.34. The van der Waals surface area contributed by atoms with E-state index in [0.29, 0.717) is 25.0 Å². The SMILES string of the molecule is CCCCCCCOc1ccc(CC[C@H](C)N)cc1C(F)(F)F. The Morgan fingerprint density at radius 2 is 1.83 bits per heavy atom. The lowest BCUT2D eigenvalue weighted by Gasteiger charge is -2.16. The molecule has 5 heteroatoms. The molecule has 0 unspecified atom stereocenters. The smallest absolute Gasteiger partial charge is 0.419 e. The molecule has 0 aliphatic carbocycles. The van der Waals surface area contributed by atoms with Crippen molar-refractivity contribution in [2.75, 3.05) is 6.61 Å². The number of alkyl halides is 3. The van der Waals surface area contributed by atoms with Gasteiger partial charge >= 0.3 is 6.18 Å². The number of ether oxygens (including phenoxy) is 1. The Hall–Kier alpha value is -1.23. The van der Waals surface area contributed by atoms with Crippen LogP contribution in [0.15, 0.2) is 18.2 Å².